The fourth-order valence-electron chi connectivity index (χ4n) is 1.97. The Labute approximate surface area is 108 Å². The maximum absolute atomic E-state index is 5.90. The number of hydrogen-bond donors (Lipinski definition) is 1. The molecule has 0 spiro atoms. The van der Waals surface area contributed by atoms with Crippen molar-refractivity contribution in [2.45, 2.75) is 20.0 Å². The van der Waals surface area contributed by atoms with Crippen molar-refractivity contribution >= 4 is 5.69 Å². The third-order valence-corrected chi connectivity index (χ3v) is 3.05. The molecule has 0 saturated carbocycles. The summed E-state index contributed by atoms with van der Waals surface area (Å²) in [6.07, 6.45) is 1.79. The van der Waals surface area contributed by atoms with Crippen LogP contribution in [0.25, 0.3) is 0 Å². The predicted molar refractivity (Wildman–Crippen MR) is 75.0 cm³/mol. The van der Waals surface area contributed by atoms with Gasteiger partial charge in [0.05, 0.1) is 11.4 Å². The third-order valence-electron chi connectivity index (χ3n) is 3.05. The highest BCUT2D eigenvalue weighted by Crippen LogP contribution is 2.13. The lowest BCUT2D eigenvalue weighted by Crippen LogP contribution is -2.19. The van der Waals surface area contributed by atoms with Gasteiger partial charge in [-0.1, -0.05) is 24.3 Å². The van der Waals surface area contributed by atoms with Crippen LogP contribution in [0.15, 0.2) is 42.6 Å². The van der Waals surface area contributed by atoms with Gasteiger partial charge in [0.15, 0.2) is 0 Å². The van der Waals surface area contributed by atoms with E-state index in [1.807, 2.05) is 12.1 Å². The number of rotatable bonds is 4. The minimum Gasteiger partial charge on any atom is -0.397 e. The lowest BCUT2D eigenvalue weighted by molar-refractivity contribution is 0.315. The van der Waals surface area contributed by atoms with Crippen LogP contribution < -0.4 is 5.73 Å². The number of aryl methyl sites for hydroxylation is 1. The zero-order valence-electron chi connectivity index (χ0n) is 10.9. The maximum atomic E-state index is 5.90. The van der Waals surface area contributed by atoms with Crippen molar-refractivity contribution in [3.63, 3.8) is 0 Å². The standard InChI is InChI=1S/C15H19N3/c1-12-6-3-4-7-13(12)10-18(2)11-15-14(16)8-5-9-17-15/h3-9H,10-11,16H2,1-2H3. The zero-order chi connectivity index (χ0) is 13.0. The summed E-state index contributed by atoms with van der Waals surface area (Å²) in [6, 6.07) is 12.2. The molecule has 3 heteroatoms. The van der Waals surface area contributed by atoms with Crippen LogP contribution in [0.5, 0.6) is 0 Å². The molecule has 0 bridgehead atoms. The van der Waals surface area contributed by atoms with Gasteiger partial charge < -0.3 is 5.73 Å². The van der Waals surface area contributed by atoms with E-state index >= 15 is 0 Å². The summed E-state index contributed by atoms with van der Waals surface area (Å²) in [4.78, 5) is 6.54. The molecule has 1 aromatic heterocycles. The summed E-state index contributed by atoms with van der Waals surface area (Å²) in [7, 11) is 2.08. The second kappa shape index (κ2) is 5.65. The Balaban J connectivity index is 2.04. The molecule has 0 aliphatic rings. The van der Waals surface area contributed by atoms with Crippen LogP contribution in [-0.4, -0.2) is 16.9 Å². The molecule has 2 N–H and O–H groups in total. The van der Waals surface area contributed by atoms with E-state index in [1.165, 1.54) is 11.1 Å². The molecule has 0 atom stereocenters. The fraction of sp³-hybridized carbons (Fsp3) is 0.267. The van der Waals surface area contributed by atoms with Crippen molar-refractivity contribution < 1.29 is 0 Å². The summed E-state index contributed by atoms with van der Waals surface area (Å²) < 4.78 is 0. The smallest absolute Gasteiger partial charge is 0.0772 e. The number of nitrogen functional groups attached to an aromatic ring is 1. The second-order valence-electron chi connectivity index (χ2n) is 4.64. The van der Waals surface area contributed by atoms with E-state index in [-0.39, 0.29) is 0 Å². The van der Waals surface area contributed by atoms with Crippen molar-refractivity contribution in [2.24, 2.45) is 0 Å². The third kappa shape index (κ3) is 3.08. The number of hydrogen-bond acceptors (Lipinski definition) is 3. The highest BCUT2D eigenvalue weighted by molar-refractivity contribution is 5.41. The van der Waals surface area contributed by atoms with Gasteiger partial charge in [0.1, 0.15) is 0 Å². The first kappa shape index (κ1) is 12.6. The first-order chi connectivity index (χ1) is 8.66. The SMILES string of the molecule is Cc1ccccc1CN(C)Cc1ncccc1N. The molecule has 0 aliphatic carbocycles. The van der Waals surface area contributed by atoms with Gasteiger partial charge in [-0.2, -0.15) is 0 Å². The van der Waals surface area contributed by atoms with Gasteiger partial charge in [0, 0.05) is 19.3 Å². The summed E-state index contributed by atoms with van der Waals surface area (Å²) in [5.41, 5.74) is 10.3. The molecule has 3 nitrogen and oxygen atoms in total. The Bertz CT molecular complexity index is 475. The molecule has 0 unspecified atom stereocenters. The van der Waals surface area contributed by atoms with Crippen LogP contribution >= 0.6 is 0 Å². The van der Waals surface area contributed by atoms with E-state index in [9.17, 15) is 0 Å². The Morgan fingerprint density at radius 3 is 2.61 bits per heavy atom. The topological polar surface area (TPSA) is 42.2 Å². The maximum Gasteiger partial charge on any atom is 0.0772 e. The molecular formula is C15H19N3. The average Bonchev–Trinajstić information content (AvgIpc) is 2.35. The van der Waals surface area contributed by atoms with Gasteiger partial charge in [0.2, 0.25) is 0 Å². The fourth-order valence-corrected chi connectivity index (χ4v) is 1.97. The number of nitrogens with two attached hydrogens (primary N) is 1. The van der Waals surface area contributed by atoms with E-state index in [0.717, 1.165) is 24.5 Å². The van der Waals surface area contributed by atoms with Gasteiger partial charge in [-0.3, -0.25) is 9.88 Å². The van der Waals surface area contributed by atoms with Gasteiger partial charge in [-0.15, -0.1) is 0 Å². The molecule has 2 aromatic rings. The Hall–Kier alpha value is -1.87. The van der Waals surface area contributed by atoms with Crippen molar-refractivity contribution in [3.05, 3.63) is 59.4 Å². The molecule has 94 valence electrons. The van der Waals surface area contributed by atoms with E-state index in [4.69, 9.17) is 5.73 Å². The molecule has 18 heavy (non-hydrogen) atoms. The van der Waals surface area contributed by atoms with Crippen LogP contribution in [0.4, 0.5) is 5.69 Å². The van der Waals surface area contributed by atoms with E-state index in [2.05, 4.69) is 48.1 Å². The lowest BCUT2D eigenvalue weighted by atomic mass is 10.1. The van der Waals surface area contributed by atoms with Gasteiger partial charge in [0.25, 0.3) is 0 Å². The average molecular weight is 241 g/mol. The number of benzene rings is 1. The number of aromatic nitrogens is 1. The molecular weight excluding hydrogens is 222 g/mol. The first-order valence-electron chi connectivity index (χ1n) is 6.09. The van der Waals surface area contributed by atoms with Crippen molar-refractivity contribution in [3.8, 4) is 0 Å². The van der Waals surface area contributed by atoms with Crippen LogP contribution in [0.3, 0.4) is 0 Å². The number of pyridine rings is 1. The monoisotopic (exact) mass is 241 g/mol. The van der Waals surface area contributed by atoms with Crippen LogP contribution in [0.1, 0.15) is 16.8 Å². The zero-order valence-corrected chi connectivity index (χ0v) is 10.9. The quantitative estimate of drug-likeness (QED) is 0.894. The molecule has 0 radical (unpaired) electrons. The molecule has 0 amide bonds. The summed E-state index contributed by atoms with van der Waals surface area (Å²) in [5, 5.41) is 0. The molecule has 0 aliphatic heterocycles. The van der Waals surface area contributed by atoms with Crippen molar-refractivity contribution in [1.29, 1.82) is 0 Å². The Kier molecular flexibility index (Phi) is 3.95. The van der Waals surface area contributed by atoms with Crippen LogP contribution in [-0.2, 0) is 13.1 Å². The van der Waals surface area contributed by atoms with Gasteiger partial charge in [-0.05, 0) is 37.2 Å². The molecule has 2 rings (SSSR count). The minimum absolute atomic E-state index is 0.758. The van der Waals surface area contributed by atoms with Crippen molar-refractivity contribution in [1.82, 2.24) is 9.88 Å². The highest BCUT2D eigenvalue weighted by atomic mass is 15.1. The Morgan fingerprint density at radius 2 is 1.89 bits per heavy atom. The van der Waals surface area contributed by atoms with Crippen molar-refractivity contribution in [2.75, 3.05) is 12.8 Å². The van der Waals surface area contributed by atoms with E-state index in [1.54, 1.807) is 6.20 Å². The van der Waals surface area contributed by atoms with Crippen LogP contribution in [0.2, 0.25) is 0 Å². The highest BCUT2D eigenvalue weighted by Gasteiger charge is 2.06. The molecule has 1 aromatic carbocycles. The first-order valence-corrected chi connectivity index (χ1v) is 6.09. The number of nitrogens with zero attached hydrogens (tertiary/aromatic N) is 2. The van der Waals surface area contributed by atoms with E-state index in [0.29, 0.717) is 0 Å². The predicted octanol–water partition coefficient (Wildman–Crippen LogP) is 2.60. The molecule has 1 heterocycles. The normalized spacial score (nSPS) is 10.8. The van der Waals surface area contributed by atoms with Crippen LogP contribution in [0, 0.1) is 6.92 Å². The van der Waals surface area contributed by atoms with Gasteiger partial charge >= 0.3 is 0 Å². The summed E-state index contributed by atoms with van der Waals surface area (Å²) in [5.74, 6) is 0. The number of anilines is 1. The van der Waals surface area contributed by atoms with E-state index < -0.39 is 0 Å². The minimum atomic E-state index is 0.758. The summed E-state index contributed by atoms with van der Waals surface area (Å²) >= 11 is 0. The Morgan fingerprint density at radius 1 is 1.11 bits per heavy atom. The lowest BCUT2D eigenvalue weighted by Gasteiger charge is -2.18. The van der Waals surface area contributed by atoms with Gasteiger partial charge in [-0.25, -0.2) is 0 Å². The second-order valence-corrected chi connectivity index (χ2v) is 4.64. The summed E-state index contributed by atoms with van der Waals surface area (Å²) in [6.45, 7) is 3.81. The largest absolute Gasteiger partial charge is 0.397 e. The molecule has 0 saturated heterocycles. The molecule has 0 fully saturated rings.